The Morgan fingerprint density at radius 3 is 2.71 bits per heavy atom. The van der Waals surface area contributed by atoms with Gasteiger partial charge in [0.1, 0.15) is 10.8 Å². The molecule has 2 aliphatic heterocycles. The van der Waals surface area contributed by atoms with Crippen LogP contribution in [0, 0.1) is 19.3 Å². The standard InChI is InChI=1S/C25H28ClN5O2S/c1-5-6-7-8-9-22-29-31-23(27)19(24(32)28-25(31)34-22)13-17-12-15(2)30(16(17)3)18-10-11-21(33-4)20(26)14-18/h10-14,27H,5-9H2,1-4H3. The predicted molar refractivity (Wildman–Crippen MR) is 141 cm³/mol. The number of benzene rings is 1. The lowest BCUT2D eigenvalue weighted by atomic mass is 10.1. The number of methoxy groups -OCH3 is 1. The van der Waals surface area contributed by atoms with Crippen molar-refractivity contribution in [3.8, 4) is 11.4 Å². The summed E-state index contributed by atoms with van der Waals surface area (Å²) in [5, 5.41) is 16.6. The maximum atomic E-state index is 12.8. The van der Waals surface area contributed by atoms with Crippen LogP contribution in [-0.2, 0) is 4.79 Å². The molecule has 1 N–H and O–H groups in total. The highest BCUT2D eigenvalue weighted by Gasteiger charge is 2.35. The molecule has 4 rings (SSSR count). The molecule has 0 bridgehead atoms. The molecule has 1 amide bonds. The van der Waals surface area contributed by atoms with Crippen LogP contribution in [0.3, 0.4) is 0 Å². The molecule has 0 unspecified atom stereocenters. The Balaban J connectivity index is 1.61. The van der Waals surface area contributed by atoms with Crippen LogP contribution >= 0.6 is 23.4 Å². The molecule has 1 aromatic carbocycles. The van der Waals surface area contributed by atoms with E-state index in [1.807, 2.05) is 38.1 Å². The summed E-state index contributed by atoms with van der Waals surface area (Å²) in [4.78, 5) is 17.0. The zero-order chi connectivity index (χ0) is 24.4. The molecule has 3 heterocycles. The van der Waals surface area contributed by atoms with E-state index in [4.69, 9.17) is 21.7 Å². The minimum Gasteiger partial charge on any atom is -0.495 e. The van der Waals surface area contributed by atoms with E-state index in [1.54, 1.807) is 13.2 Å². The van der Waals surface area contributed by atoms with Gasteiger partial charge in [0.15, 0.2) is 5.84 Å². The quantitative estimate of drug-likeness (QED) is 0.340. The zero-order valence-electron chi connectivity index (χ0n) is 19.8. The van der Waals surface area contributed by atoms with Gasteiger partial charge in [-0.1, -0.05) is 37.8 Å². The minimum absolute atomic E-state index is 0.0587. The number of nitrogens with zero attached hydrogens (tertiary/aromatic N) is 4. The molecule has 1 aromatic heterocycles. The van der Waals surface area contributed by atoms with Crippen molar-refractivity contribution in [2.45, 2.75) is 52.9 Å². The van der Waals surface area contributed by atoms with Crippen LogP contribution in [0.25, 0.3) is 11.8 Å². The summed E-state index contributed by atoms with van der Waals surface area (Å²) in [6.07, 6.45) is 7.15. The van der Waals surface area contributed by atoms with Crippen LogP contribution in [0.4, 0.5) is 0 Å². The van der Waals surface area contributed by atoms with Gasteiger partial charge in [-0.3, -0.25) is 10.2 Å². The summed E-state index contributed by atoms with van der Waals surface area (Å²) < 4.78 is 7.32. The lowest BCUT2D eigenvalue weighted by molar-refractivity contribution is -0.114. The topological polar surface area (TPSA) is 83.0 Å². The van der Waals surface area contributed by atoms with Crippen molar-refractivity contribution in [3.05, 3.63) is 51.8 Å². The highest BCUT2D eigenvalue weighted by Crippen LogP contribution is 2.32. The van der Waals surface area contributed by atoms with Crippen molar-refractivity contribution in [1.82, 2.24) is 9.58 Å². The van der Waals surface area contributed by atoms with E-state index in [9.17, 15) is 4.79 Å². The molecule has 0 aliphatic carbocycles. The lowest BCUT2D eigenvalue weighted by Gasteiger charge is -2.20. The fourth-order valence-electron chi connectivity index (χ4n) is 4.12. The maximum absolute atomic E-state index is 12.8. The van der Waals surface area contributed by atoms with Gasteiger partial charge in [0.05, 0.1) is 17.7 Å². The highest BCUT2D eigenvalue weighted by atomic mass is 35.5. The lowest BCUT2D eigenvalue weighted by Crippen LogP contribution is -2.35. The third kappa shape index (κ3) is 4.70. The molecule has 0 spiro atoms. The number of hydrazone groups is 1. The second kappa shape index (κ2) is 10.2. The van der Waals surface area contributed by atoms with Gasteiger partial charge in [-0.2, -0.15) is 15.1 Å². The molecule has 178 valence electrons. The van der Waals surface area contributed by atoms with Crippen LogP contribution in [0.15, 0.2) is 39.9 Å². The monoisotopic (exact) mass is 497 g/mol. The number of rotatable bonds is 8. The third-order valence-corrected chi connectivity index (χ3v) is 7.17. The fraction of sp³-hybridized carbons (Fsp3) is 0.360. The second-order valence-electron chi connectivity index (χ2n) is 8.31. The van der Waals surface area contributed by atoms with Crippen molar-refractivity contribution in [2.75, 3.05) is 7.11 Å². The average Bonchev–Trinajstić information content (AvgIpc) is 3.33. The zero-order valence-corrected chi connectivity index (χ0v) is 21.4. The molecule has 9 heteroatoms. The fourth-order valence-corrected chi connectivity index (χ4v) is 5.30. The van der Waals surface area contributed by atoms with E-state index in [0.717, 1.165) is 46.9 Å². The third-order valence-electron chi connectivity index (χ3n) is 5.90. The van der Waals surface area contributed by atoms with Crippen molar-refractivity contribution in [2.24, 2.45) is 10.1 Å². The number of aryl methyl sites for hydroxylation is 1. The van der Waals surface area contributed by atoms with E-state index < -0.39 is 5.91 Å². The van der Waals surface area contributed by atoms with Gasteiger partial charge >= 0.3 is 0 Å². The summed E-state index contributed by atoms with van der Waals surface area (Å²) in [5.41, 5.74) is 3.87. The molecule has 2 aromatic rings. The summed E-state index contributed by atoms with van der Waals surface area (Å²) in [5.74, 6) is 0.255. The van der Waals surface area contributed by atoms with Gasteiger partial charge in [-0.05, 0) is 74.4 Å². The molecule has 34 heavy (non-hydrogen) atoms. The average molecular weight is 498 g/mol. The first-order valence-corrected chi connectivity index (χ1v) is 12.6. The number of carbonyl (C=O) groups excluding carboxylic acids is 1. The van der Waals surface area contributed by atoms with Crippen LogP contribution in [0.1, 0.15) is 56.0 Å². The summed E-state index contributed by atoms with van der Waals surface area (Å²) in [6, 6.07) is 7.60. The second-order valence-corrected chi connectivity index (χ2v) is 9.75. The molecular formula is C25H28ClN5O2S. The number of nitrogens with one attached hydrogen (secondary N) is 1. The molecule has 2 aliphatic rings. The summed E-state index contributed by atoms with van der Waals surface area (Å²) in [7, 11) is 1.58. The number of fused-ring (bicyclic) bond motifs is 1. The Labute approximate surface area is 209 Å². The van der Waals surface area contributed by atoms with Crippen LogP contribution < -0.4 is 4.74 Å². The first-order valence-electron chi connectivity index (χ1n) is 11.4. The Bertz CT molecular complexity index is 1240. The number of aliphatic imine (C=N–C) groups is 1. The van der Waals surface area contributed by atoms with Crippen molar-refractivity contribution < 1.29 is 9.53 Å². The minimum atomic E-state index is -0.413. The Kier molecular flexibility index (Phi) is 7.28. The number of unbranched alkanes of at least 4 members (excludes halogenated alkanes) is 3. The Hall–Kier alpha value is -2.84. The molecule has 0 atom stereocenters. The Morgan fingerprint density at radius 2 is 2.00 bits per heavy atom. The smallest absolute Gasteiger partial charge is 0.283 e. The number of amides is 1. The van der Waals surface area contributed by atoms with Crippen molar-refractivity contribution in [1.29, 1.82) is 5.41 Å². The van der Waals surface area contributed by atoms with Crippen LogP contribution in [0.5, 0.6) is 5.75 Å². The molecule has 0 radical (unpaired) electrons. The molecule has 7 nitrogen and oxygen atoms in total. The van der Waals surface area contributed by atoms with Gasteiger partial charge in [0.2, 0.25) is 5.17 Å². The number of ether oxygens (including phenoxy) is 1. The van der Waals surface area contributed by atoms with E-state index in [2.05, 4.69) is 21.6 Å². The highest BCUT2D eigenvalue weighted by molar-refractivity contribution is 8.26. The molecule has 0 saturated heterocycles. The summed E-state index contributed by atoms with van der Waals surface area (Å²) >= 11 is 7.73. The maximum Gasteiger partial charge on any atom is 0.283 e. The van der Waals surface area contributed by atoms with Gasteiger partial charge < -0.3 is 9.30 Å². The van der Waals surface area contributed by atoms with Gasteiger partial charge in [0.25, 0.3) is 5.91 Å². The van der Waals surface area contributed by atoms with E-state index in [0.29, 0.717) is 15.9 Å². The van der Waals surface area contributed by atoms with E-state index in [-0.39, 0.29) is 11.4 Å². The van der Waals surface area contributed by atoms with Crippen LogP contribution in [-0.4, -0.2) is 38.6 Å². The normalized spacial score (nSPS) is 16.7. The van der Waals surface area contributed by atoms with Crippen LogP contribution in [0.2, 0.25) is 5.02 Å². The summed E-state index contributed by atoms with van der Waals surface area (Å²) in [6.45, 7) is 6.15. The molecule has 0 fully saturated rings. The number of carbonyl (C=O) groups is 1. The number of hydrogen-bond acceptors (Lipinski definition) is 5. The number of amidine groups is 2. The first-order chi connectivity index (χ1) is 16.3. The van der Waals surface area contributed by atoms with Gasteiger partial charge in [0, 0.05) is 17.1 Å². The van der Waals surface area contributed by atoms with E-state index >= 15 is 0 Å². The van der Waals surface area contributed by atoms with Gasteiger partial charge in [-0.15, -0.1) is 0 Å². The molecule has 0 saturated carbocycles. The number of aromatic nitrogens is 1. The van der Waals surface area contributed by atoms with Crippen molar-refractivity contribution >= 4 is 51.4 Å². The largest absolute Gasteiger partial charge is 0.495 e. The number of halogens is 1. The Morgan fingerprint density at radius 1 is 1.21 bits per heavy atom. The van der Waals surface area contributed by atoms with Gasteiger partial charge in [-0.25, -0.2) is 0 Å². The first kappa shape index (κ1) is 24.3. The number of thioether (sulfide) groups is 1. The number of hydrogen-bond donors (Lipinski definition) is 1. The SMILES string of the molecule is CCCCCCC1=NN2C(=N)C(=Cc3cc(C)n(-c4ccc(OC)c(Cl)c4)c3C)C(=O)N=C2S1. The van der Waals surface area contributed by atoms with E-state index in [1.165, 1.54) is 29.6 Å². The predicted octanol–water partition coefficient (Wildman–Crippen LogP) is 6.35. The molecular weight excluding hydrogens is 470 g/mol. The van der Waals surface area contributed by atoms with Crippen molar-refractivity contribution in [3.63, 3.8) is 0 Å².